The Labute approximate surface area is 161 Å². The van der Waals surface area contributed by atoms with E-state index in [0.717, 1.165) is 48.2 Å². The molecule has 1 aliphatic rings. The van der Waals surface area contributed by atoms with Gasteiger partial charge >= 0.3 is 0 Å². The van der Waals surface area contributed by atoms with Crippen LogP contribution < -0.4 is 10.6 Å². The highest BCUT2D eigenvalue weighted by atomic mass is 32.1. The van der Waals surface area contributed by atoms with E-state index in [4.69, 9.17) is 0 Å². The molecule has 4 rings (SSSR count). The van der Waals surface area contributed by atoms with Gasteiger partial charge in [-0.3, -0.25) is 9.79 Å². The van der Waals surface area contributed by atoms with E-state index in [0.29, 0.717) is 12.2 Å². The predicted molar refractivity (Wildman–Crippen MR) is 106 cm³/mol. The number of amides is 1. The number of hydrogen-bond donors (Lipinski definition) is 3. The van der Waals surface area contributed by atoms with Crippen LogP contribution in [0.5, 0.6) is 0 Å². The molecule has 27 heavy (non-hydrogen) atoms. The first-order valence-corrected chi connectivity index (χ1v) is 9.72. The van der Waals surface area contributed by atoms with Gasteiger partial charge in [-0.2, -0.15) is 0 Å². The van der Waals surface area contributed by atoms with Crippen molar-refractivity contribution in [1.29, 1.82) is 0 Å². The van der Waals surface area contributed by atoms with Crippen LogP contribution in [0.1, 0.15) is 26.9 Å². The molecule has 0 bridgehead atoms. The number of H-pyrrole nitrogens is 1. The molecule has 0 unspecified atom stereocenters. The molecule has 0 aliphatic carbocycles. The van der Waals surface area contributed by atoms with Gasteiger partial charge in [-0.25, -0.2) is 9.97 Å². The molecule has 0 fully saturated rings. The fourth-order valence-corrected chi connectivity index (χ4v) is 3.69. The molecule has 3 aromatic rings. The van der Waals surface area contributed by atoms with E-state index in [1.165, 1.54) is 16.9 Å². The number of nitrogens with zero attached hydrogens (tertiary/aromatic N) is 3. The minimum absolute atomic E-state index is 0.181. The van der Waals surface area contributed by atoms with Crippen molar-refractivity contribution in [2.24, 2.45) is 4.99 Å². The molecule has 3 heterocycles. The Morgan fingerprint density at radius 3 is 3.04 bits per heavy atom. The maximum Gasteiger partial charge on any atom is 0.271 e. The first-order chi connectivity index (χ1) is 13.3. The average Bonchev–Trinajstić information content (AvgIpc) is 3.43. The zero-order valence-corrected chi connectivity index (χ0v) is 15.6. The molecular formula is C19H20N6OS. The second-order valence-electron chi connectivity index (χ2n) is 6.26. The van der Waals surface area contributed by atoms with Crippen molar-refractivity contribution in [2.75, 3.05) is 13.1 Å². The van der Waals surface area contributed by atoms with Crippen LogP contribution in [0.2, 0.25) is 0 Å². The second-order valence-corrected chi connectivity index (χ2v) is 7.20. The minimum Gasteiger partial charge on any atom is -0.347 e. The Morgan fingerprint density at radius 2 is 2.19 bits per heavy atom. The number of nitrogens with one attached hydrogen (secondary N) is 3. The number of thiazole rings is 1. The van der Waals surface area contributed by atoms with E-state index in [-0.39, 0.29) is 5.91 Å². The van der Waals surface area contributed by atoms with Crippen molar-refractivity contribution in [3.63, 3.8) is 0 Å². The van der Waals surface area contributed by atoms with Gasteiger partial charge in [0.25, 0.3) is 5.91 Å². The van der Waals surface area contributed by atoms with E-state index < -0.39 is 0 Å². The normalized spacial score (nSPS) is 12.7. The summed E-state index contributed by atoms with van der Waals surface area (Å²) in [6, 6.07) is 8.25. The number of benzene rings is 1. The molecule has 0 saturated carbocycles. The fraction of sp³-hybridized carbons (Fsp3) is 0.263. The molecule has 1 aromatic carbocycles. The van der Waals surface area contributed by atoms with Gasteiger partial charge < -0.3 is 15.6 Å². The number of aliphatic imine (C=N–C) groups is 1. The van der Waals surface area contributed by atoms with Crippen LogP contribution in [0.25, 0.3) is 0 Å². The van der Waals surface area contributed by atoms with E-state index >= 15 is 0 Å². The van der Waals surface area contributed by atoms with Crippen LogP contribution in [-0.2, 0) is 19.4 Å². The summed E-state index contributed by atoms with van der Waals surface area (Å²) < 4.78 is 0. The fourth-order valence-electron chi connectivity index (χ4n) is 2.91. The van der Waals surface area contributed by atoms with E-state index in [2.05, 4.69) is 48.8 Å². The van der Waals surface area contributed by atoms with Gasteiger partial charge in [0.1, 0.15) is 11.5 Å². The van der Waals surface area contributed by atoms with Crippen LogP contribution >= 0.6 is 11.3 Å². The van der Waals surface area contributed by atoms with Crippen molar-refractivity contribution < 1.29 is 4.79 Å². The third-order valence-corrected chi connectivity index (χ3v) is 5.17. The number of rotatable bonds is 8. The first-order valence-electron chi connectivity index (χ1n) is 8.84. The van der Waals surface area contributed by atoms with Gasteiger partial charge in [-0.05, 0) is 11.6 Å². The summed E-state index contributed by atoms with van der Waals surface area (Å²) in [5.74, 6) is 0.542. The number of carbonyl (C=O) groups is 1. The molecule has 0 spiro atoms. The van der Waals surface area contributed by atoms with Crippen LogP contribution in [-0.4, -0.2) is 39.7 Å². The molecule has 0 radical (unpaired) electrons. The number of fused-ring (bicyclic) bond motifs is 1. The second kappa shape index (κ2) is 8.24. The summed E-state index contributed by atoms with van der Waals surface area (Å²) in [6.07, 6.45) is 5.09. The minimum atomic E-state index is -0.181. The van der Waals surface area contributed by atoms with Crippen molar-refractivity contribution in [3.05, 3.63) is 64.1 Å². The third kappa shape index (κ3) is 4.47. The summed E-state index contributed by atoms with van der Waals surface area (Å²) in [5, 5.41) is 8.97. The van der Waals surface area contributed by atoms with Crippen molar-refractivity contribution >= 4 is 28.6 Å². The molecule has 7 nitrogen and oxygen atoms in total. The standard InChI is InChI=1S/C19H20N6OS/c26-19(23-11-17-21-7-8-22-17)16-12-27-18(25-16)5-6-20-10-14-9-13-3-1-2-4-15(13)24-14/h1-4,7-8,12,20H,5-6,9-11H2,(H,21,22)(H,23,26). The Kier molecular flexibility index (Phi) is 5.36. The lowest BCUT2D eigenvalue weighted by molar-refractivity contribution is 0.0945. The third-order valence-electron chi connectivity index (χ3n) is 4.27. The number of hydrogen-bond acceptors (Lipinski definition) is 6. The zero-order chi connectivity index (χ0) is 18.5. The number of imidazole rings is 1. The number of aromatic nitrogens is 3. The Morgan fingerprint density at radius 1 is 1.26 bits per heavy atom. The highest BCUT2D eigenvalue weighted by Gasteiger charge is 2.14. The monoisotopic (exact) mass is 380 g/mol. The van der Waals surface area contributed by atoms with Gasteiger partial charge in [0.2, 0.25) is 0 Å². The van der Waals surface area contributed by atoms with Crippen molar-refractivity contribution in [1.82, 2.24) is 25.6 Å². The van der Waals surface area contributed by atoms with Crippen LogP contribution in [0.4, 0.5) is 5.69 Å². The topological polar surface area (TPSA) is 95.1 Å². The molecule has 1 aliphatic heterocycles. The molecule has 0 saturated heterocycles. The Balaban J connectivity index is 1.19. The molecule has 3 N–H and O–H groups in total. The van der Waals surface area contributed by atoms with Crippen LogP contribution in [0.3, 0.4) is 0 Å². The summed E-state index contributed by atoms with van der Waals surface area (Å²) in [7, 11) is 0. The van der Waals surface area contributed by atoms with Gasteiger partial charge in [0.15, 0.2) is 0 Å². The van der Waals surface area contributed by atoms with Gasteiger partial charge in [-0.15, -0.1) is 11.3 Å². The maximum atomic E-state index is 12.1. The maximum absolute atomic E-state index is 12.1. The predicted octanol–water partition coefficient (Wildman–Crippen LogP) is 2.26. The summed E-state index contributed by atoms with van der Waals surface area (Å²) in [5.41, 5.74) is 3.99. The van der Waals surface area contributed by atoms with Crippen molar-refractivity contribution in [3.8, 4) is 0 Å². The summed E-state index contributed by atoms with van der Waals surface area (Å²) in [6.45, 7) is 1.94. The largest absolute Gasteiger partial charge is 0.347 e. The SMILES string of the molecule is O=C(NCc1ncc[nH]1)c1csc(CCNCC2=Nc3ccccc3C2)n1. The molecule has 138 valence electrons. The van der Waals surface area contributed by atoms with E-state index in [1.54, 1.807) is 17.8 Å². The summed E-state index contributed by atoms with van der Waals surface area (Å²) in [4.78, 5) is 28.2. The molecule has 2 aromatic heterocycles. The van der Waals surface area contributed by atoms with Crippen LogP contribution in [0.15, 0.2) is 47.0 Å². The van der Waals surface area contributed by atoms with Crippen LogP contribution in [0, 0.1) is 0 Å². The average molecular weight is 380 g/mol. The van der Waals surface area contributed by atoms with Gasteiger partial charge in [-0.1, -0.05) is 18.2 Å². The highest BCUT2D eigenvalue weighted by molar-refractivity contribution is 7.09. The molecule has 8 heteroatoms. The molecular weight excluding hydrogens is 360 g/mol. The Bertz CT molecular complexity index is 947. The van der Waals surface area contributed by atoms with Gasteiger partial charge in [0, 0.05) is 49.4 Å². The lowest BCUT2D eigenvalue weighted by Gasteiger charge is -2.03. The molecule has 1 amide bonds. The Hall–Kier alpha value is -2.84. The number of para-hydroxylation sites is 1. The highest BCUT2D eigenvalue weighted by Crippen LogP contribution is 2.25. The number of aromatic amines is 1. The zero-order valence-electron chi connectivity index (χ0n) is 14.7. The van der Waals surface area contributed by atoms with Crippen molar-refractivity contribution in [2.45, 2.75) is 19.4 Å². The lowest BCUT2D eigenvalue weighted by atomic mass is 10.1. The molecule has 0 atom stereocenters. The van der Waals surface area contributed by atoms with E-state index in [9.17, 15) is 4.79 Å². The van der Waals surface area contributed by atoms with Gasteiger partial charge in [0.05, 0.1) is 17.2 Å². The van der Waals surface area contributed by atoms with E-state index in [1.807, 2.05) is 6.07 Å². The quantitative estimate of drug-likeness (QED) is 0.523. The first kappa shape index (κ1) is 17.6. The number of carbonyl (C=O) groups excluding carboxylic acids is 1. The lowest BCUT2D eigenvalue weighted by Crippen LogP contribution is -2.25. The summed E-state index contributed by atoms with van der Waals surface area (Å²) >= 11 is 1.51. The smallest absolute Gasteiger partial charge is 0.271 e.